The lowest BCUT2D eigenvalue weighted by Crippen LogP contribution is -1.98. The Bertz CT molecular complexity index is 373. The molecule has 4 heteroatoms. The van der Waals surface area contributed by atoms with E-state index in [4.69, 9.17) is 21.6 Å². The Hall–Kier alpha value is -0.720. The SMILES string of the molecule is CCCOc1c(Br)cc(Cl)cc1C#N. The van der Waals surface area contributed by atoms with Crippen molar-refractivity contribution in [2.24, 2.45) is 0 Å². The zero-order chi connectivity index (χ0) is 10.6. The molecule has 14 heavy (non-hydrogen) atoms. The Morgan fingerprint density at radius 3 is 2.86 bits per heavy atom. The van der Waals surface area contributed by atoms with E-state index in [-0.39, 0.29) is 0 Å². The molecule has 0 aliphatic heterocycles. The van der Waals surface area contributed by atoms with Gasteiger partial charge in [0.15, 0.2) is 5.75 Å². The number of benzene rings is 1. The fourth-order valence-corrected chi connectivity index (χ4v) is 1.92. The molecular formula is C10H9BrClNO. The van der Waals surface area contributed by atoms with Crippen molar-refractivity contribution in [1.29, 1.82) is 5.26 Å². The quantitative estimate of drug-likeness (QED) is 0.841. The number of halogens is 2. The molecule has 0 aliphatic carbocycles. The predicted octanol–water partition coefficient (Wildman–Crippen LogP) is 3.76. The molecule has 1 rings (SSSR count). The van der Waals surface area contributed by atoms with Gasteiger partial charge < -0.3 is 4.74 Å². The van der Waals surface area contributed by atoms with Crippen LogP contribution in [0.3, 0.4) is 0 Å². The molecule has 0 heterocycles. The van der Waals surface area contributed by atoms with Crippen LogP contribution >= 0.6 is 27.5 Å². The number of hydrogen-bond donors (Lipinski definition) is 0. The second-order valence-corrected chi connectivity index (χ2v) is 4.02. The van der Waals surface area contributed by atoms with Crippen LogP contribution in [-0.2, 0) is 0 Å². The minimum Gasteiger partial charge on any atom is -0.491 e. The summed E-state index contributed by atoms with van der Waals surface area (Å²) in [6.45, 7) is 2.60. The van der Waals surface area contributed by atoms with E-state index in [0.29, 0.717) is 22.9 Å². The molecule has 74 valence electrons. The van der Waals surface area contributed by atoms with Crippen molar-refractivity contribution in [1.82, 2.24) is 0 Å². The van der Waals surface area contributed by atoms with E-state index in [1.807, 2.05) is 13.0 Å². The van der Waals surface area contributed by atoms with Crippen LogP contribution in [0.25, 0.3) is 0 Å². The lowest BCUT2D eigenvalue weighted by Gasteiger charge is -2.08. The van der Waals surface area contributed by atoms with E-state index in [1.54, 1.807) is 12.1 Å². The van der Waals surface area contributed by atoms with Gasteiger partial charge in [-0.05, 0) is 34.5 Å². The van der Waals surface area contributed by atoms with Gasteiger partial charge in [-0.2, -0.15) is 5.26 Å². The molecule has 0 amide bonds. The Labute approximate surface area is 96.6 Å². The van der Waals surface area contributed by atoms with E-state index in [0.717, 1.165) is 10.9 Å². The number of nitriles is 1. The van der Waals surface area contributed by atoms with Crippen molar-refractivity contribution in [3.05, 3.63) is 27.2 Å². The maximum Gasteiger partial charge on any atom is 0.151 e. The van der Waals surface area contributed by atoms with Gasteiger partial charge in [-0.3, -0.25) is 0 Å². The molecule has 0 saturated carbocycles. The molecule has 0 N–H and O–H groups in total. The Morgan fingerprint density at radius 2 is 2.29 bits per heavy atom. The fraction of sp³-hybridized carbons (Fsp3) is 0.300. The zero-order valence-corrected chi connectivity index (χ0v) is 10.0. The lowest BCUT2D eigenvalue weighted by atomic mass is 10.2. The van der Waals surface area contributed by atoms with Gasteiger partial charge in [0.1, 0.15) is 6.07 Å². The first-order chi connectivity index (χ1) is 6.69. The fourth-order valence-electron chi connectivity index (χ4n) is 0.994. The third kappa shape index (κ3) is 2.63. The minimum absolute atomic E-state index is 0.456. The van der Waals surface area contributed by atoms with Gasteiger partial charge in [0, 0.05) is 5.02 Å². The molecule has 0 saturated heterocycles. The van der Waals surface area contributed by atoms with Gasteiger partial charge >= 0.3 is 0 Å². The maximum atomic E-state index is 8.86. The number of rotatable bonds is 3. The summed E-state index contributed by atoms with van der Waals surface area (Å²) in [6, 6.07) is 5.36. The molecule has 0 unspecified atom stereocenters. The maximum absolute atomic E-state index is 8.86. The lowest BCUT2D eigenvalue weighted by molar-refractivity contribution is 0.314. The van der Waals surface area contributed by atoms with E-state index in [2.05, 4.69) is 15.9 Å². The third-order valence-electron chi connectivity index (χ3n) is 1.58. The summed E-state index contributed by atoms with van der Waals surface area (Å²) >= 11 is 9.11. The molecule has 0 aliphatic rings. The first kappa shape index (κ1) is 11.4. The Morgan fingerprint density at radius 1 is 1.57 bits per heavy atom. The molecule has 1 aromatic rings. The highest BCUT2D eigenvalue weighted by Gasteiger charge is 2.09. The molecule has 0 aromatic heterocycles. The van der Waals surface area contributed by atoms with Crippen LogP contribution < -0.4 is 4.74 Å². The first-order valence-corrected chi connectivity index (χ1v) is 5.38. The molecule has 0 spiro atoms. The highest BCUT2D eigenvalue weighted by atomic mass is 79.9. The second-order valence-electron chi connectivity index (χ2n) is 2.72. The van der Waals surface area contributed by atoms with Crippen LogP contribution in [0.2, 0.25) is 5.02 Å². The smallest absolute Gasteiger partial charge is 0.151 e. The first-order valence-electron chi connectivity index (χ1n) is 4.21. The van der Waals surface area contributed by atoms with Gasteiger partial charge in [0.2, 0.25) is 0 Å². The van der Waals surface area contributed by atoms with Gasteiger partial charge in [-0.1, -0.05) is 18.5 Å². The van der Waals surface area contributed by atoms with Gasteiger partial charge in [-0.25, -0.2) is 0 Å². The van der Waals surface area contributed by atoms with Crippen molar-refractivity contribution in [2.45, 2.75) is 13.3 Å². The van der Waals surface area contributed by atoms with E-state index < -0.39 is 0 Å². The summed E-state index contributed by atoms with van der Waals surface area (Å²) in [5.74, 6) is 0.568. The molecule has 0 radical (unpaired) electrons. The minimum atomic E-state index is 0.456. The summed E-state index contributed by atoms with van der Waals surface area (Å²) in [5, 5.41) is 9.38. The topological polar surface area (TPSA) is 33.0 Å². The van der Waals surface area contributed by atoms with Crippen LogP contribution in [-0.4, -0.2) is 6.61 Å². The van der Waals surface area contributed by atoms with Gasteiger partial charge in [0.05, 0.1) is 16.6 Å². The summed E-state index contributed by atoms with van der Waals surface area (Å²) < 4.78 is 6.15. The summed E-state index contributed by atoms with van der Waals surface area (Å²) in [4.78, 5) is 0. The summed E-state index contributed by atoms with van der Waals surface area (Å²) in [6.07, 6.45) is 0.903. The molecule has 2 nitrogen and oxygen atoms in total. The molecule has 0 atom stereocenters. The number of nitrogens with zero attached hydrogens (tertiary/aromatic N) is 1. The van der Waals surface area contributed by atoms with Crippen molar-refractivity contribution in [3.63, 3.8) is 0 Å². The van der Waals surface area contributed by atoms with E-state index in [9.17, 15) is 0 Å². The van der Waals surface area contributed by atoms with Crippen molar-refractivity contribution in [2.75, 3.05) is 6.61 Å². The number of hydrogen-bond acceptors (Lipinski definition) is 2. The van der Waals surface area contributed by atoms with Gasteiger partial charge in [0.25, 0.3) is 0 Å². The molecule has 0 fully saturated rings. The van der Waals surface area contributed by atoms with Crippen molar-refractivity contribution < 1.29 is 4.74 Å². The van der Waals surface area contributed by atoms with Crippen LogP contribution in [0.1, 0.15) is 18.9 Å². The standard InChI is InChI=1S/C10H9BrClNO/c1-2-3-14-10-7(6-13)4-8(12)5-9(10)11/h4-5H,2-3H2,1H3. The second kappa shape index (κ2) is 5.23. The van der Waals surface area contributed by atoms with E-state index in [1.165, 1.54) is 0 Å². The Kier molecular flexibility index (Phi) is 4.24. The third-order valence-corrected chi connectivity index (χ3v) is 2.39. The van der Waals surface area contributed by atoms with Crippen LogP contribution in [0, 0.1) is 11.3 Å². The molecular weight excluding hydrogens is 265 g/mol. The largest absolute Gasteiger partial charge is 0.491 e. The predicted molar refractivity (Wildman–Crippen MR) is 59.7 cm³/mol. The highest BCUT2D eigenvalue weighted by Crippen LogP contribution is 2.32. The van der Waals surface area contributed by atoms with Crippen LogP contribution in [0.15, 0.2) is 16.6 Å². The molecule has 0 bridgehead atoms. The van der Waals surface area contributed by atoms with Crippen molar-refractivity contribution in [3.8, 4) is 11.8 Å². The monoisotopic (exact) mass is 273 g/mol. The van der Waals surface area contributed by atoms with Crippen LogP contribution in [0.4, 0.5) is 0 Å². The summed E-state index contributed by atoms with van der Waals surface area (Å²) in [7, 11) is 0. The normalized spacial score (nSPS) is 9.57. The van der Waals surface area contributed by atoms with Crippen LogP contribution in [0.5, 0.6) is 5.75 Å². The highest BCUT2D eigenvalue weighted by molar-refractivity contribution is 9.10. The number of ether oxygens (including phenoxy) is 1. The zero-order valence-electron chi connectivity index (χ0n) is 7.68. The average molecular weight is 275 g/mol. The van der Waals surface area contributed by atoms with Crippen molar-refractivity contribution >= 4 is 27.5 Å². The average Bonchev–Trinajstić information content (AvgIpc) is 2.15. The van der Waals surface area contributed by atoms with Gasteiger partial charge in [-0.15, -0.1) is 0 Å². The Balaban J connectivity index is 3.07. The molecule has 1 aromatic carbocycles. The summed E-state index contributed by atoms with van der Waals surface area (Å²) in [5.41, 5.74) is 0.456. The van der Waals surface area contributed by atoms with E-state index >= 15 is 0 Å².